The van der Waals surface area contributed by atoms with Crippen molar-refractivity contribution in [3.05, 3.63) is 18.0 Å². The Morgan fingerprint density at radius 1 is 1.56 bits per heavy atom. The first-order valence-corrected chi connectivity index (χ1v) is 6.48. The Labute approximate surface area is 107 Å². The van der Waals surface area contributed by atoms with Crippen LogP contribution in [0.5, 0.6) is 0 Å². The number of hydrogen-bond acceptors (Lipinski definition) is 3. The van der Waals surface area contributed by atoms with Crippen molar-refractivity contribution in [2.45, 2.75) is 31.8 Å². The van der Waals surface area contributed by atoms with E-state index >= 15 is 0 Å². The van der Waals surface area contributed by atoms with E-state index in [0.29, 0.717) is 30.6 Å². The number of nitrogens with zero attached hydrogens (tertiary/aromatic N) is 1. The minimum atomic E-state index is -0.107. The fraction of sp³-hybridized carbons (Fsp3) is 0.615. The molecule has 5 heteroatoms. The lowest BCUT2D eigenvalue weighted by atomic mass is 10.3. The van der Waals surface area contributed by atoms with Crippen LogP contribution in [0.25, 0.3) is 0 Å². The van der Waals surface area contributed by atoms with Crippen LogP contribution in [-0.4, -0.2) is 29.7 Å². The molecule has 1 amide bonds. The molecule has 0 aromatic carbocycles. The number of anilines is 1. The minimum absolute atomic E-state index is 0.107. The van der Waals surface area contributed by atoms with Gasteiger partial charge in [0.1, 0.15) is 5.69 Å². The number of nitrogen functional groups attached to an aromatic ring is 1. The molecule has 1 aliphatic carbocycles. The maximum atomic E-state index is 11.8. The van der Waals surface area contributed by atoms with Crippen molar-refractivity contribution in [3.8, 4) is 0 Å². The van der Waals surface area contributed by atoms with E-state index in [9.17, 15) is 4.79 Å². The highest BCUT2D eigenvalue weighted by Gasteiger charge is 2.15. The van der Waals surface area contributed by atoms with Crippen molar-refractivity contribution in [2.24, 2.45) is 7.05 Å². The van der Waals surface area contributed by atoms with Crippen LogP contribution >= 0.6 is 0 Å². The largest absolute Gasteiger partial charge is 0.397 e. The third kappa shape index (κ3) is 3.26. The highest BCUT2D eigenvalue weighted by Crippen LogP contribution is 2.20. The summed E-state index contributed by atoms with van der Waals surface area (Å²) < 4.78 is 7.40. The second kappa shape index (κ2) is 5.91. The summed E-state index contributed by atoms with van der Waals surface area (Å²) in [6.45, 7) is 1.12. The van der Waals surface area contributed by atoms with Crippen molar-refractivity contribution in [1.29, 1.82) is 0 Å². The van der Waals surface area contributed by atoms with Crippen molar-refractivity contribution >= 4 is 11.6 Å². The second-order valence-corrected chi connectivity index (χ2v) is 4.80. The summed E-state index contributed by atoms with van der Waals surface area (Å²) >= 11 is 0. The summed E-state index contributed by atoms with van der Waals surface area (Å²) in [7, 11) is 1.81. The SMILES string of the molecule is Cn1cc(N)cc1C(=O)NCCOC1CCCC1. The topological polar surface area (TPSA) is 69.3 Å². The van der Waals surface area contributed by atoms with E-state index < -0.39 is 0 Å². The third-order valence-corrected chi connectivity index (χ3v) is 3.30. The molecule has 0 bridgehead atoms. The molecule has 1 aromatic rings. The number of amides is 1. The molecule has 1 aliphatic rings. The van der Waals surface area contributed by atoms with Crippen molar-refractivity contribution in [1.82, 2.24) is 9.88 Å². The van der Waals surface area contributed by atoms with Gasteiger partial charge in [-0.15, -0.1) is 0 Å². The molecule has 0 saturated heterocycles. The number of rotatable bonds is 5. The molecule has 18 heavy (non-hydrogen) atoms. The summed E-state index contributed by atoms with van der Waals surface area (Å²) in [6.07, 6.45) is 6.96. The van der Waals surface area contributed by atoms with Crippen molar-refractivity contribution in [2.75, 3.05) is 18.9 Å². The van der Waals surface area contributed by atoms with Gasteiger partial charge in [0.2, 0.25) is 0 Å². The molecule has 2 rings (SSSR count). The van der Waals surface area contributed by atoms with Crippen LogP contribution in [0.3, 0.4) is 0 Å². The molecule has 1 aromatic heterocycles. The van der Waals surface area contributed by atoms with E-state index in [1.54, 1.807) is 23.9 Å². The summed E-state index contributed by atoms with van der Waals surface area (Å²) in [5.41, 5.74) is 6.81. The van der Waals surface area contributed by atoms with Crippen LogP contribution in [0.15, 0.2) is 12.3 Å². The average molecular weight is 251 g/mol. The molecule has 100 valence electrons. The van der Waals surface area contributed by atoms with Crippen LogP contribution < -0.4 is 11.1 Å². The average Bonchev–Trinajstić information content (AvgIpc) is 2.94. The van der Waals surface area contributed by atoms with Crippen LogP contribution in [0, 0.1) is 0 Å². The summed E-state index contributed by atoms with van der Waals surface area (Å²) in [4.78, 5) is 11.8. The molecule has 0 spiro atoms. The monoisotopic (exact) mass is 251 g/mol. The van der Waals surface area contributed by atoms with Crippen LogP contribution in [-0.2, 0) is 11.8 Å². The van der Waals surface area contributed by atoms with E-state index in [1.165, 1.54) is 12.8 Å². The Hall–Kier alpha value is -1.49. The van der Waals surface area contributed by atoms with E-state index in [0.717, 1.165) is 12.8 Å². The van der Waals surface area contributed by atoms with Gasteiger partial charge in [0.15, 0.2) is 0 Å². The number of aryl methyl sites for hydroxylation is 1. The number of carbonyl (C=O) groups is 1. The molecule has 1 saturated carbocycles. The molecule has 0 radical (unpaired) electrons. The van der Waals surface area contributed by atoms with E-state index in [4.69, 9.17) is 10.5 Å². The molecule has 3 N–H and O–H groups in total. The Morgan fingerprint density at radius 3 is 2.89 bits per heavy atom. The number of nitrogens with one attached hydrogen (secondary N) is 1. The fourth-order valence-electron chi connectivity index (χ4n) is 2.35. The number of ether oxygens (including phenoxy) is 1. The Bertz CT molecular complexity index is 408. The highest BCUT2D eigenvalue weighted by atomic mass is 16.5. The van der Waals surface area contributed by atoms with Gasteiger partial charge in [0.05, 0.1) is 18.4 Å². The van der Waals surface area contributed by atoms with Gasteiger partial charge >= 0.3 is 0 Å². The van der Waals surface area contributed by atoms with Gasteiger partial charge in [-0.1, -0.05) is 12.8 Å². The van der Waals surface area contributed by atoms with Gasteiger partial charge in [-0.05, 0) is 18.9 Å². The number of aromatic nitrogens is 1. The van der Waals surface area contributed by atoms with E-state index in [1.807, 2.05) is 0 Å². The molecular formula is C13H21N3O2. The molecule has 0 unspecified atom stereocenters. The zero-order valence-corrected chi connectivity index (χ0v) is 10.8. The smallest absolute Gasteiger partial charge is 0.268 e. The first-order valence-electron chi connectivity index (χ1n) is 6.48. The number of carbonyl (C=O) groups excluding carboxylic acids is 1. The normalized spacial score (nSPS) is 16.1. The van der Waals surface area contributed by atoms with Gasteiger partial charge < -0.3 is 20.4 Å². The standard InChI is InChI=1S/C13H21N3O2/c1-16-9-10(14)8-12(16)13(17)15-6-7-18-11-4-2-3-5-11/h8-9,11H,2-7,14H2,1H3,(H,15,17). The van der Waals surface area contributed by atoms with Crippen molar-refractivity contribution in [3.63, 3.8) is 0 Å². The Kier molecular flexibility index (Phi) is 4.25. The molecule has 0 atom stereocenters. The zero-order chi connectivity index (χ0) is 13.0. The van der Waals surface area contributed by atoms with E-state index in [-0.39, 0.29) is 5.91 Å². The lowest BCUT2D eigenvalue weighted by Crippen LogP contribution is -2.29. The van der Waals surface area contributed by atoms with Gasteiger partial charge in [0.25, 0.3) is 5.91 Å². The van der Waals surface area contributed by atoms with Crippen LogP contribution in [0.4, 0.5) is 5.69 Å². The van der Waals surface area contributed by atoms with Crippen LogP contribution in [0.2, 0.25) is 0 Å². The predicted molar refractivity (Wildman–Crippen MR) is 70.4 cm³/mol. The van der Waals surface area contributed by atoms with Gasteiger partial charge in [-0.3, -0.25) is 4.79 Å². The van der Waals surface area contributed by atoms with Crippen LogP contribution in [0.1, 0.15) is 36.2 Å². The predicted octanol–water partition coefficient (Wildman–Crippen LogP) is 1.30. The Morgan fingerprint density at radius 2 is 2.28 bits per heavy atom. The molecule has 1 heterocycles. The van der Waals surface area contributed by atoms with Gasteiger partial charge in [-0.2, -0.15) is 0 Å². The second-order valence-electron chi connectivity index (χ2n) is 4.80. The Balaban J connectivity index is 1.70. The maximum Gasteiger partial charge on any atom is 0.268 e. The first kappa shape index (κ1) is 13.0. The van der Waals surface area contributed by atoms with Gasteiger partial charge in [-0.25, -0.2) is 0 Å². The molecule has 0 aliphatic heterocycles. The molecule has 1 fully saturated rings. The third-order valence-electron chi connectivity index (χ3n) is 3.30. The number of nitrogens with two attached hydrogens (primary N) is 1. The highest BCUT2D eigenvalue weighted by molar-refractivity contribution is 5.93. The number of hydrogen-bond donors (Lipinski definition) is 2. The summed E-state index contributed by atoms with van der Waals surface area (Å²) in [5.74, 6) is -0.107. The van der Waals surface area contributed by atoms with Gasteiger partial charge in [0, 0.05) is 19.8 Å². The summed E-state index contributed by atoms with van der Waals surface area (Å²) in [6, 6.07) is 1.67. The minimum Gasteiger partial charge on any atom is -0.397 e. The summed E-state index contributed by atoms with van der Waals surface area (Å²) in [5, 5.41) is 2.84. The fourth-order valence-corrected chi connectivity index (χ4v) is 2.35. The molecule has 5 nitrogen and oxygen atoms in total. The lowest BCUT2D eigenvalue weighted by Gasteiger charge is -2.11. The first-order chi connectivity index (χ1) is 8.66. The quantitative estimate of drug-likeness (QED) is 0.775. The van der Waals surface area contributed by atoms with E-state index in [2.05, 4.69) is 5.32 Å². The van der Waals surface area contributed by atoms with Crippen molar-refractivity contribution < 1.29 is 9.53 Å². The zero-order valence-electron chi connectivity index (χ0n) is 10.8. The maximum absolute atomic E-state index is 11.8. The molecular weight excluding hydrogens is 230 g/mol. The lowest BCUT2D eigenvalue weighted by molar-refractivity contribution is 0.0580.